The van der Waals surface area contributed by atoms with Gasteiger partial charge >= 0.3 is 0 Å². The van der Waals surface area contributed by atoms with Gasteiger partial charge in [0, 0.05) is 17.4 Å². The zero-order chi connectivity index (χ0) is 21.0. The average Bonchev–Trinajstić information content (AvgIpc) is 2.68. The molecule has 146 valence electrons. The van der Waals surface area contributed by atoms with Crippen LogP contribution >= 0.6 is 0 Å². The van der Waals surface area contributed by atoms with Gasteiger partial charge in [-0.15, -0.1) is 0 Å². The highest BCUT2D eigenvalue weighted by molar-refractivity contribution is 6.03. The van der Waals surface area contributed by atoms with Gasteiger partial charge < -0.3 is 10.6 Å². The van der Waals surface area contributed by atoms with Gasteiger partial charge in [-0.1, -0.05) is 32.9 Å². The van der Waals surface area contributed by atoms with Crippen molar-refractivity contribution in [2.24, 2.45) is 0 Å². The molecule has 0 radical (unpaired) electrons. The first-order valence-electron chi connectivity index (χ1n) is 9.29. The molecule has 0 saturated heterocycles. The number of nitrogens with zero attached hydrogens (tertiary/aromatic N) is 3. The summed E-state index contributed by atoms with van der Waals surface area (Å²) in [5.41, 5.74) is 3.60. The molecule has 3 rings (SSSR count). The number of anilines is 3. The Balaban J connectivity index is 1.76. The lowest BCUT2D eigenvalue weighted by atomic mass is 9.87. The van der Waals surface area contributed by atoms with Crippen LogP contribution in [0.15, 0.2) is 54.6 Å². The fourth-order valence-corrected chi connectivity index (χ4v) is 2.77. The maximum Gasteiger partial charge on any atom is 0.274 e. The van der Waals surface area contributed by atoms with Crippen molar-refractivity contribution in [1.29, 1.82) is 5.26 Å². The van der Waals surface area contributed by atoms with Gasteiger partial charge in [0.05, 0.1) is 11.6 Å². The first kappa shape index (κ1) is 20.0. The standard InChI is InChI=1S/C23H23N5O/c1-15-25-20(22(29)28-19-9-5-16(14-24)6-10-19)13-21(26-15)27-18-11-7-17(8-12-18)23(2,3)4/h5-13H,1-4H3,(H,28,29)(H,25,26,27). The van der Waals surface area contributed by atoms with Crippen molar-refractivity contribution in [2.45, 2.75) is 33.1 Å². The second kappa shape index (κ2) is 8.11. The van der Waals surface area contributed by atoms with E-state index in [4.69, 9.17) is 5.26 Å². The van der Waals surface area contributed by atoms with Crippen molar-refractivity contribution in [3.8, 4) is 6.07 Å². The normalized spacial score (nSPS) is 10.9. The summed E-state index contributed by atoms with van der Waals surface area (Å²) in [6.07, 6.45) is 0. The fraction of sp³-hybridized carbons (Fsp3) is 0.217. The summed E-state index contributed by atoms with van der Waals surface area (Å²) in [7, 11) is 0. The Kier molecular flexibility index (Phi) is 5.60. The molecular formula is C23H23N5O. The van der Waals surface area contributed by atoms with Crippen LogP contribution in [0.5, 0.6) is 0 Å². The van der Waals surface area contributed by atoms with Crippen molar-refractivity contribution < 1.29 is 4.79 Å². The van der Waals surface area contributed by atoms with Crippen LogP contribution < -0.4 is 10.6 Å². The minimum atomic E-state index is -0.341. The zero-order valence-corrected chi connectivity index (χ0v) is 16.9. The molecule has 2 N–H and O–H groups in total. The van der Waals surface area contributed by atoms with E-state index in [-0.39, 0.29) is 17.0 Å². The number of rotatable bonds is 4. The molecule has 0 bridgehead atoms. The van der Waals surface area contributed by atoms with E-state index < -0.39 is 0 Å². The number of aryl methyl sites for hydroxylation is 1. The zero-order valence-electron chi connectivity index (χ0n) is 16.9. The predicted octanol–water partition coefficient (Wildman–Crippen LogP) is 4.95. The van der Waals surface area contributed by atoms with Crippen LogP contribution in [0.4, 0.5) is 17.2 Å². The third-order valence-corrected chi connectivity index (χ3v) is 4.37. The highest BCUT2D eigenvalue weighted by Gasteiger charge is 2.14. The number of carbonyl (C=O) groups excluding carboxylic acids is 1. The number of nitrogens with one attached hydrogen (secondary N) is 2. The van der Waals surface area contributed by atoms with Crippen molar-refractivity contribution in [3.05, 3.63) is 77.2 Å². The maximum atomic E-state index is 12.6. The van der Waals surface area contributed by atoms with Crippen LogP contribution in [-0.4, -0.2) is 15.9 Å². The molecule has 0 atom stereocenters. The molecule has 0 aliphatic carbocycles. The summed E-state index contributed by atoms with van der Waals surface area (Å²) in [6.45, 7) is 8.25. The Morgan fingerprint density at radius 2 is 1.59 bits per heavy atom. The average molecular weight is 385 g/mol. The van der Waals surface area contributed by atoms with Crippen molar-refractivity contribution >= 4 is 23.1 Å². The maximum absolute atomic E-state index is 12.6. The van der Waals surface area contributed by atoms with Crippen LogP contribution in [-0.2, 0) is 5.41 Å². The Labute approximate surface area is 170 Å². The van der Waals surface area contributed by atoms with Crippen LogP contribution in [0.25, 0.3) is 0 Å². The van der Waals surface area contributed by atoms with E-state index >= 15 is 0 Å². The second-order valence-corrected chi connectivity index (χ2v) is 7.78. The lowest BCUT2D eigenvalue weighted by Crippen LogP contribution is -2.15. The van der Waals surface area contributed by atoms with Gasteiger partial charge in [0.1, 0.15) is 17.3 Å². The van der Waals surface area contributed by atoms with Gasteiger partial charge in [-0.25, -0.2) is 9.97 Å². The third kappa shape index (κ3) is 5.17. The van der Waals surface area contributed by atoms with E-state index in [2.05, 4.69) is 53.5 Å². The second-order valence-electron chi connectivity index (χ2n) is 7.78. The Bertz CT molecular complexity index is 1060. The van der Waals surface area contributed by atoms with Gasteiger partial charge in [0.25, 0.3) is 5.91 Å². The van der Waals surface area contributed by atoms with E-state index in [1.165, 1.54) is 5.56 Å². The molecule has 6 nitrogen and oxygen atoms in total. The largest absolute Gasteiger partial charge is 0.340 e. The lowest BCUT2D eigenvalue weighted by molar-refractivity contribution is 0.102. The molecule has 1 aromatic heterocycles. The molecule has 0 unspecified atom stereocenters. The summed E-state index contributed by atoms with van der Waals surface area (Å²) >= 11 is 0. The number of benzene rings is 2. The van der Waals surface area contributed by atoms with E-state index in [0.717, 1.165) is 5.69 Å². The molecule has 6 heteroatoms. The summed E-state index contributed by atoms with van der Waals surface area (Å²) in [4.78, 5) is 21.2. The number of carbonyl (C=O) groups is 1. The highest BCUT2D eigenvalue weighted by atomic mass is 16.1. The summed E-state index contributed by atoms with van der Waals surface area (Å²) < 4.78 is 0. The fourth-order valence-electron chi connectivity index (χ4n) is 2.77. The van der Waals surface area contributed by atoms with Crippen LogP contribution in [0.1, 0.15) is 48.2 Å². The first-order valence-corrected chi connectivity index (χ1v) is 9.29. The molecule has 2 aromatic carbocycles. The highest BCUT2D eigenvalue weighted by Crippen LogP contribution is 2.24. The molecule has 0 aliphatic rings. The molecule has 29 heavy (non-hydrogen) atoms. The van der Waals surface area contributed by atoms with Crippen LogP contribution in [0.2, 0.25) is 0 Å². The molecule has 0 saturated carbocycles. The topological polar surface area (TPSA) is 90.7 Å². The molecule has 0 aliphatic heterocycles. The van der Waals surface area contributed by atoms with Gasteiger partial charge in [-0.2, -0.15) is 5.26 Å². The smallest absolute Gasteiger partial charge is 0.274 e. The van der Waals surface area contributed by atoms with Gasteiger partial charge in [-0.05, 0) is 54.3 Å². The van der Waals surface area contributed by atoms with Gasteiger partial charge in [0.2, 0.25) is 0 Å². The Hall–Kier alpha value is -3.72. The Morgan fingerprint density at radius 3 is 2.17 bits per heavy atom. The van der Waals surface area contributed by atoms with Crippen molar-refractivity contribution in [2.75, 3.05) is 10.6 Å². The minimum Gasteiger partial charge on any atom is -0.340 e. The van der Waals surface area contributed by atoms with Gasteiger partial charge in [-0.3, -0.25) is 4.79 Å². The first-order chi connectivity index (χ1) is 13.7. The predicted molar refractivity (Wildman–Crippen MR) is 114 cm³/mol. The third-order valence-electron chi connectivity index (χ3n) is 4.37. The molecule has 0 fully saturated rings. The summed E-state index contributed by atoms with van der Waals surface area (Å²) in [5.74, 6) is 0.698. The van der Waals surface area contributed by atoms with Crippen LogP contribution in [0, 0.1) is 18.3 Å². The number of hydrogen-bond acceptors (Lipinski definition) is 5. The molecule has 1 heterocycles. The van der Waals surface area contributed by atoms with Crippen molar-refractivity contribution in [3.63, 3.8) is 0 Å². The number of nitriles is 1. The molecule has 3 aromatic rings. The van der Waals surface area contributed by atoms with E-state index in [9.17, 15) is 4.79 Å². The van der Waals surface area contributed by atoms with Crippen molar-refractivity contribution in [1.82, 2.24) is 9.97 Å². The Morgan fingerprint density at radius 1 is 0.966 bits per heavy atom. The van der Waals surface area contributed by atoms with E-state index in [0.29, 0.717) is 22.9 Å². The minimum absolute atomic E-state index is 0.0841. The number of hydrogen-bond donors (Lipinski definition) is 2. The molecule has 0 spiro atoms. The quantitative estimate of drug-likeness (QED) is 0.663. The molecule has 1 amide bonds. The summed E-state index contributed by atoms with van der Waals surface area (Å²) in [6, 6.07) is 18.5. The number of aromatic nitrogens is 2. The summed E-state index contributed by atoms with van der Waals surface area (Å²) in [5, 5.41) is 14.9. The SMILES string of the molecule is Cc1nc(Nc2ccc(C(C)(C)C)cc2)cc(C(=O)Nc2ccc(C#N)cc2)n1. The lowest BCUT2D eigenvalue weighted by Gasteiger charge is -2.19. The van der Waals surface area contributed by atoms with E-state index in [1.54, 1.807) is 37.3 Å². The number of amides is 1. The molecular weight excluding hydrogens is 362 g/mol. The monoisotopic (exact) mass is 385 g/mol. The van der Waals surface area contributed by atoms with Gasteiger partial charge in [0.15, 0.2) is 0 Å². The van der Waals surface area contributed by atoms with Crippen LogP contribution in [0.3, 0.4) is 0 Å². The van der Waals surface area contributed by atoms with E-state index in [1.807, 2.05) is 18.2 Å².